The monoisotopic (exact) mass is 297 g/mol. The van der Waals surface area contributed by atoms with E-state index in [1.807, 2.05) is 6.07 Å². The average Bonchev–Trinajstić information content (AvgIpc) is 2.77. The molecule has 1 nitrogen and oxygen atoms in total. The van der Waals surface area contributed by atoms with Crippen LogP contribution in [0.4, 0.5) is 4.39 Å². The molecule has 4 heteroatoms. The van der Waals surface area contributed by atoms with E-state index in [9.17, 15) is 4.39 Å². The van der Waals surface area contributed by atoms with Crippen molar-refractivity contribution in [1.82, 2.24) is 0 Å². The highest BCUT2D eigenvalue weighted by Gasteiger charge is 2.22. The molecule has 0 radical (unpaired) electrons. The summed E-state index contributed by atoms with van der Waals surface area (Å²) in [4.78, 5) is 2.15. The van der Waals surface area contributed by atoms with Gasteiger partial charge < -0.3 is 5.73 Å². The highest BCUT2D eigenvalue weighted by molar-refractivity contribution is 7.12. The summed E-state index contributed by atoms with van der Waals surface area (Å²) in [5.41, 5.74) is 6.60. The molecule has 0 saturated carbocycles. The number of thiophene rings is 1. The van der Waals surface area contributed by atoms with Gasteiger partial charge in [0.05, 0.1) is 6.04 Å². The van der Waals surface area contributed by atoms with Crippen LogP contribution >= 0.6 is 22.9 Å². The summed E-state index contributed by atoms with van der Waals surface area (Å²) in [6.07, 6.45) is 0. The Kier molecular flexibility index (Phi) is 4.00. The van der Waals surface area contributed by atoms with Gasteiger partial charge in [0.1, 0.15) is 5.82 Å². The summed E-state index contributed by atoms with van der Waals surface area (Å²) in [7, 11) is 0. The van der Waals surface area contributed by atoms with Crippen LogP contribution < -0.4 is 5.73 Å². The van der Waals surface area contributed by atoms with E-state index in [0.29, 0.717) is 10.6 Å². The van der Waals surface area contributed by atoms with Crippen molar-refractivity contribution in [2.75, 3.05) is 0 Å². The largest absolute Gasteiger partial charge is 0.319 e. The highest BCUT2D eigenvalue weighted by Crippen LogP contribution is 2.36. The normalized spacial score (nSPS) is 13.6. The molecule has 2 aromatic rings. The number of halogens is 2. The standard InChI is InChI=1S/C15H17ClFNS/c1-15(2,3)12-8-7-11(19-12)14(18)13-9(16)5-4-6-10(13)17/h4-8,14H,18H2,1-3H3. The van der Waals surface area contributed by atoms with Crippen molar-refractivity contribution in [1.29, 1.82) is 0 Å². The third-order valence-electron chi connectivity index (χ3n) is 2.98. The van der Waals surface area contributed by atoms with Crippen LogP contribution in [0.3, 0.4) is 0 Å². The Bertz CT molecular complexity index is 566. The topological polar surface area (TPSA) is 26.0 Å². The molecular formula is C15H17ClFNS. The molecule has 0 fully saturated rings. The zero-order valence-electron chi connectivity index (χ0n) is 11.2. The van der Waals surface area contributed by atoms with E-state index in [-0.39, 0.29) is 11.2 Å². The summed E-state index contributed by atoms with van der Waals surface area (Å²) in [6.45, 7) is 6.43. The molecule has 2 N–H and O–H groups in total. The molecule has 2 rings (SSSR count). The Morgan fingerprint density at radius 1 is 1.21 bits per heavy atom. The molecule has 0 aliphatic heterocycles. The fourth-order valence-electron chi connectivity index (χ4n) is 1.87. The number of hydrogen-bond acceptors (Lipinski definition) is 2. The van der Waals surface area contributed by atoms with E-state index < -0.39 is 6.04 Å². The maximum atomic E-state index is 13.9. The van der Waals surface area contributed by atoms with Crippen LogP contribution in [0.2, 0.25) is 5.02 Å². The predicted octanol–water partition coefficient (Wildman–Crippen LogP) is 4.89. The van der Waals surface area contributed by atoms with Gasteiger partial charge in [0.25, 0.3) is 0 Å². The summed E-state index contributed by atoms with van der Waals surface area (Å²) < 4.78 is 13.9. The van der Waals surface area contributed by atoms with Gasteiger partial charge in [0, 0.05) is 20.3 Å². The van der Waals surface area contributed by atoms with Crippen LogP contribution in [-0.4, -0.2) is 0 Å². The SMILES string of the molecule is CC(C)(C)c1ccc(C(N)c2c(F)cccc2Cl)s1. The van der Waals surface area contributed by atoms with Gasteiger partial charge in [-0.3, -0.25) is 0 Å². The Morgan fingerprint density at radius 3 is 2.42 bits per heavy atom. The van der Waals surface area contributed by atoms with Crippen LogP contribution in [0, 0.1) is 5.82 Å². The molecule has 1 aromatic heterocycles. The lowest BCUT2D eigenvalue weighted by Gasteiger charge is -2.16. The number of nitrogens with two attached hydrogens (primary N) is 1. The van der Waals surface area contributed by atoms with Crippen LogP contribution in [0.1, 0.15) is 42.1 Å². The van der Waals surface area contributed by atoms with Gasteiger partial charge in [-0.05, 0) is 29.7 Å². The second kappa shape index (κ2) is 5.23. The first-order valence-corrected chi connectivity index (χ1v) is 7.30. The number of rotatable bonds is 2. The smallest absolute Gasteiger partial charge is 0.129 e. The van der Waals surface area contributed by atoms with Gasteiger partial charge in [0.15, 0.2) is 0 Å². The van der Waals surface area contributed by atoms with Crippen LogP contribution in [-0.2, 0) is 5.41 Å². The van der Waals surface area contributed by atoms with Crippen LogP contribution in [0.25, 0.3) is 0 Å². The molecule has 1 heterocycles. The molecule has 0 aliphatic carbocycles. The molecule has 0 bridgehead atoms. The average molecular weight is 298 g/mol. The Labute approximate surface area is 122 Å². The minimum Gasteiger partial charge on any atom is -0.319 e. The first-order chi connectivity index (χ1) is 8.80. The first-order valence-electron chi connectivity index (χ1n) is 6.10. The molecule has 0 amide bonds. The lowest BCUT2D eigenvalue weighted by atomic mass is 9.95. The summed E-state index contributed by atoms with van der Waals surface area (Å²) in [6, 6.07) is 8.13. The fraction of sp³-hybridized carbons (Fsp3) is 0.333. The van der Waals surface area contributed by atoms with Crippen molar-refractivity contribution in [2.24, 2.45) is 5.73 Å². The second-order valence-corrected chi connectivity index (χ2v) is 7.09. The van der Waals surface area contributed by atoms with Crippen molar-refractivity contribution in [3.63, 3.8) is 0 Å². The summed E-state index contributed by atoms with van der Waals surface area (Å²) >= 11 is 7.67. The molecule has 0 aliphatic rings. The van der Waals surface area contributed by atoms with Gasteiger partial charge in [-0.15, -0.1) is 11.3 Å². The summed E-state index contributed by atoms with van der Waals surface area (Å²) in [5, 5.41) is 0.373. The van der Waals surface area contributed by atoms with Gasteiger partial charge in [-0.2, -0.15) is 0 Å². The molecule has 1 unspecified atom stereocenters. The molecule has 102 valence electrons. The summed E-state index contributed by atoms with van der Waals surface area (Å²) in [5.74, 6) is -0.356. The molecular weight excluding hydrogens is 281 g/mol. The van der Waals surface area contributed by atoms with Gasteiger partial charge in [-0.25, -0.2) is 4.39 Å². The first kappa shape index (κ1) is 14.5. The van der Waals surface area contributed by atoms with Crippen LogP contribution in [0.15, 0.2) is 30.3 Å². The van der Waals surface area contributed by atoms with E-state index in [0.717, 1.165) is 4.88 Å². The maximum absolute atomic E-state index is 13.9. The predicted molar refractivity (Wildman–Crippen MR) is 80.5 cm³/mol. The molecule has 1 aromatic carbocycles. The Hall–Kier alpha value is -0.900. The highest BCUT2D eigenvalue weighted by atomic mass is 35.5. The van der Waals surface area contributed by atoms with E-state index in [1.165, 1.54) is 10.9 Å². The van der Waals surface area contributed by atoms with E-state index in [2.05, 4.69) is 26.8 Å². The van der Waals surface area contributed by atoms with Crippen molar-refractivity contribution in [3.05, 3.63) is 56.5 Å². The lowest BCUT2D eigenvalue weighted by molar-refractivity contribution is 0.601. The van der Waals surface area contributed by atoms with E-state index in [1.54, 1.807) is 23.5 Å². The molecule has 19 heavy (non-hydrogen) atoms. The Balaban J connectivity index is 2.40. The van der Waals surface area contributed by atoms with E-state index >= 15 is 0 Å². The zero-order valence-corrected chi connectivity index (χ0v) is 12.8. The lowest BCUT2D eigenvalue weighted by Crippen LogP contribution is -2.13. The quantitative estimate of drug-likeness (QED) is 0.839. The third-order valence-corrected chi connectivity index (χ3v) is 4.91. The van der Waals surface area contributed by atoms with Crippen molar-refractivity contribution >= 4 is 22.9 Å². The van der Waals surface area contributed by atoms with E-state index in [4.69, 9.17) is 17.3 Å². The second-order valence-electron chi connectivity index (χ2n) is 5.57. The third kappa shape index (κ3) is 2.99. The van der Waals surface area contributed by atoms with Gasteiger partial charge >= 0.3 is 0 Å². The maximum Gasteiger partial charge on any atom is 0.129 e. The van der Waals surface area contributed by atoms with Crippen molar-refractivity contribution in [2.45, 2.75) is 32.2 Å². The minimum atomic E-state index is -0.519. The van der Waals surface area contributed by atoms with Gasteiger partial charge in [-0.1, -0.05) is 38.4 Å². The Morgan fingerprint density at radius 2 is 1.89 bits per heavy atom. The zero-order chi connectivity index (χ0) is 14.2. The minimum absolute atomic E-state index is 0.0711. The van der Waals surface area contributed by atoms with Gasteiger partial charge in [0.2, 0.25) is 0 Å². The molecule has 0 spiro atoms. The number of benzene rings is 1. The number of hydrogen-bond donors (Lipinski definition) is 1. The molecule has 0 saturated heterocycles. The van der Waals surface area contributed by atoms with Crippen LogP contribution in [0.5, 0.6) is 0 Å². The van der Waals surface area contributed by atoms with Crippen molar-refractivity contribution < 1.29 is 4.39 Å². The van der Waals surface area contributed by atoms with Crippen molar-refractivity contribution in [3.8, 4) is 0 Å². The fourth-order valence-corrected chi connectivity index (χ4v) is 3.23. The molecule has 1 atom stereocenters.